The van der Waals surface area contributed by atoms with Crippen LogP contribution in [0.3, 0.4) is 0 Å². The van der Waals surface area contributed by atoms with E-state index in [0.29, 0.717) is 17.7 Å². The minimum Gasteiger partial charge on any atom is -0.508 e. The molecule has 27 heavy (non-hydrogen) atoms. The minimum absolute atomic E-state index is 0.0962. The van der Waals surface area contributed by atoms with Crippen LogP contribution in [0.1, 0.15) is 31.4 Å². The van der Waals surface area contributed by atoms with Crippen LogP contribution in [0.4, 0.5) is 0 Å². The fourth-order valence-electron chi connectivity index (χ4n) is 4.94. The van der Waals surface area contributed by atoms with Gasteiger partial charge in [0, 0.05) is 43.8 Å². The molecule has 4 heteroatoms. The third kappa shape index (κ3) is 3.87. The van der Waals surface area contributed by atoms with Gasteiger partial charge in [0.25, 0.3) is 0 Å². The first-order valence-electron chi connectivity index (χ1n) is 9.94. The molecule has 2 unspecified atom stereocenters. The summed E-state index contributed by atoms with van der Waals surface area (Å²) >= 11 is 6.16. The molecular formula is C23H29ClN2O. The van der Waals surface area contributed by atoms with Crippen molar-refractivity contribution in [2.24, 2.45) is 5.92 Å². The first-order chi connectivity index (χ1) is 12.9. The Morgan fingerprint density at radius 3 is 2.70 bits per heavy atom. The number of piperidine rings is 1. The Morgan fingerprint density at radius 1 is 1.11 bits per heavy atom. The Morgan fingerprint density at radius 2 is 1.93 bits per heavy atom. The zero-order chi connectivity index (χ0) is 19.0. The van der Waals surface area contributed by atoms with E-state index >= 15 is 0 Å². The van der Waals surface area contributed by atoms with Crippen LogP contribution in [0.5, 0.6) is 5.75 Å². The van der Waals surface area contributed by atoms with Crippen LogP contribution < -0.4 is 0 Å². The molecule has 3 nitrogen and oxygen atoms in total. The molecule has 0 aliphatic carbocycles. The molecule has 0 amide bonds. The van der Waals surface area contributed by atoms with Crippen LogP contribution in [0.15, 0.2) is 48.5 Å². The Bertz CT molecular complexity index is 810. The monoisotopic (exact) mass is 384 g/mol. The van der Waals surface area contributed by atoms with E-state index in [9.17, 15) is 5.11 Å². The van der Waals surface area contributed by atoms with E-state index in [1.165, 1.54) is 11.1 Å². The summed E-state index contributed by atoms with van der Waals surface area (Å²) in [5.74, 6) is 0.935. The number of rotatable bonds is 3. The Labute approximate surface area is 167 Å². The summed E-state index contributed by atoms with van der Waals surface area (Å²) in [5, 5.41) is 10.8. The summed E-state index contributed by atoms with van der Waals surface area (Å²) in [6.07, 6.45) is 1.13. The lowest BCUT2D eigenvalue weighted by Gasteiger charge is -2.53. The predicted octanol–water partition coefficient (Wildman–Crippen LogP) is 4.53. The van der Waals surface area contributed by atoms with E-state index in [0.717, 1.165) is 44.2 Å². The molecule has 2 aromatic rings. The van der Waals surface area contributed by atoms with E-state index in [1.54, 1.807) is 6.07 Å². The molecule has 0 bridgehead atoms. The zero-order valence-corrected chi connectivity index (χ0v) is 17.0. The number of piperazine rings is 1. The molecule has 2 fully saturated rings. The summed E-state index contributed by atoms with van der Waals surface area (Å²) in [6.45, 7) is 10.2. The summed E-state index contributed by atoms with van der Waals surface area (Å²) in [7, 11) is 0. The van der Waals surface area contributed by atoms with Crippen molar-refractivity contribution in [3.8, 4) is 5.75 Å². The number of benzene rings is 2. The molecule has 2 heterocycles. The fourth-order valence-corrected chi connectivity index (χ4v) is 5.15. The third-order valence-electron chi connectivity index (χ3n) is 6.75. The molecular weight excluding hydrogens is 356 g/mol. The van der Waals surface area contributed by atoms with Gasteiger partial charge in [0.1, 0.15) is 5.75 Å². The summed E-state index contributed by atoms with van der Waals surface area (Å²) < 4.78 is 0. The van der Waals surface area contributed by atoms with Crippen LogP contribution >= 0.6 is 11.6 Å². The SMILES string of the molecule is CC1CN2CCN(Cc3cccc(Cl)c3)CC2C[C@@]1(C)c1cccc(O)c1. The van der Waals surface area contributed by atoms with Gasteiger partial charge < -0.3 is 5.11 Å². The number of fused-ring (bicyclic) bond motifs is 1. The maximum Gasteiger partial charge on any atom is 0.115 e. The van der Waals surface area contributed by atoms with Gasteiger partial charge in [0.15, 0.2) is 0 Å². The molecule has 3 atom stereocenters. The number of aromatic hydroxyl groups is 1. The van der Waals surface area contributed by atoms with Gasteiger partial charge in [0.2, 0.25) is 0 Å². The van der Waals surface area contributed by atoms with Gasteiger partial charge in [-0.3, -0.25) is 9.80 Å². The number of phenols is 1. The van der Waals surface area contributed by atoms with Crippen molar-refractivity contribution in [1.29, 1.82) is 0 Å². The van der Waals surface area contributed by atoms with Gasteiger partial charge >= 0.3 is 0 Å². The van der Waals surface area contributed by atoms with Crippen LogP contribution in [0.25, 0.3) is 0 Å². The van der Waals surface area contributed by atoms with Gasteiger partial charge in [0.05, 0.1) is 0 Å². The third-order valence-corrected chi connectivity index (χ3v) is 6.98. The van der Waals surface area contributed by atoms with Gasteiger partial charge in [-0.1, -0.05) is 49.7 Å². The van der Waals surface area contributed by atoms with Crippen LogP contribution in [0.2, 0.25) is 5.02 Å². The highest BCUT2D eigenvalue weighted by atomic mass is 35.5. The van der Waals surface area contributed by atoms with Gasteiger partial charge in [-0.2, -0.15) is 0 Å². The normalized spacial score (nSPS) is 29.4. The lowest BCUT2D eigenvalue weighted by molar-refractivity contribution is -0.00557. The van der Waals surface area contributed by atoms with Crippen LogP contribution in [-0.4, -0.2) is 47.1 Å². The molecule has 2 aromatic carbocycles. The van der Waals surface area contributed by atoms with Crippen molar-refractivity contribution in [2.75, 3.05) is 26.2 Å². The molecule has 0 radical (unpaired) electrons. The largest absolute Gasteiger partial charge is 0.508 e. The number of nitrogens with zero attached hydrogens (tertiary/aromatic N) is 2. The molecule has 0 spiro atoms. The maximum atomic E-state index is 9.98. The fraction of sp³-hybridized carbons (Fsp3) is 0.478. The van der Waals surface area contributed by atoms with Crippen molar-refractivity contribution in [3.05, 3.63) is 64.7 Å². The van der Waals surface area contributed by atoms with Crippen molar-refractivity contribution in [1.82, 2.24) is 9.80 Å². The van der Waals surface area contributed by atoms with Crippen molar-refractivity contribution in [2.45, 2.75) is 38.3 Å². The highest BCUT2D eigenvalue weighted by Crippen LogP contribution is 2.43. The lowest BCUT2D eigenvalue weighted by Crippen LogP contribution is -2.60. The molecule has 0 saturated carbocycles. The second-order valence-electron chi connectivity index (χ2n) is 8.59. The smallest absolute Gasteiger partial charge is 0.115 e. The second-order valence-corrected chi connectivity index (χ2v) is 9.02. The predicted molar refractivity (Wildman–Crippen MR) is 111 cm³/mol. The standard InChI is InChI=1S/C23H29ClN2O/c1-17-14-26-10-9-25(15-18-5-3-7-20(24)11-18)16-21(26)13-23(17,2)19-6-4-8-22(27)12-19/h3-8,11-12,17,21,27H,9-10,13-16H2,1-2H3/t17?,21?,23-/m1/s1. The summed E-state index contributed by atoms with van der Waals surface area (Å²) in [6, 6.07) is 16.6. The molecule has 2 aliphatic rings. The van der Waals surface area contributed by atoms with E-state index in [2.05, 4.69) is 41.8 Å². The number of hydrogen-bond acceptors (Lipinski definition) is 3. The number of phenolic OH excluding ortho intramolecular Hbond substituents is 1. The minimum atomic E-state index is 0.0962. The van der Waals surface area contributed by atoms with E-state index in [4.69, 9.17) is 11.6 Å². The average Bonchev–Trinajstić information content (AvgIpc) is 2.63. The van der Waals surface area contributed by atoms with Crippen LogP contribution in [0, 0.1) is 5.92 Å². The molecule has 1 N–H and O–H groups in total. The number of hydrogen-bond donors (Lipinski definition) is 1. The quantitative estimate of drug-likeness (QED) is 0.842. The second kappa shape index (κ2) is 7.46. The summed E-state index contributed by atoms with van der Waals surface area (Å²) in [5.41, 5.74) is 2.65. The van der Waals surface area contributed by atoms with E-state index in [-0.39, 0.29) is 5.41 Å². The Hall–Kier alpha value is -1.55. The average molecular weight is 385 g/mol. The zero-order valence-electron chi connectivity index (χ0n) is 16.2. The first-order valence-corrected chi connectivity index (χ1v) is 10.3. The Kier molecular flexibility index (Phi) is 5.19. The maximum absolute atomic E-state index is 9.98. The van der Waals surface area contributed by atoms with Gasteiger partial charge in [-0.05, 0) is 53.1 Å². The van der Waals surface area contributed by atoms with Gasteiger partial charge in [-0.15, -0.1) is 0 Å². The molecule has 2 saturated heterocycles. The van der Waals surface area contributed by atoms with E-state index < -0.39 is 0 Å². The topological polar surface area (TPSA) is 26.7 Å². The molecule has 0 aromatic heterocycles. The van der Waals surface area contributed by atoms with Crippen LogP contribution in [-0.2, 0) is 12.0 Å². The number of halogens is 1. The highest BCUT2D eigenvalue weighted by Gasteiger charge is 2.44. The van der Waals surface area contributed by atoms with Crippen molar-refractivity contribution < 1.29 is 5.11 Å². The Balaban J connectivity index is 1.50. The van der Waals surface area contributed by atoms with Crippen molar-refractivity contribution >= 4 is 11.6 Å². The summed E-state index contributed by atoms with van der Waals surface area (Å²) in [4.78, 5) is 5.23. The van der Waals surface area contributed by atoms with E-state index in [1.807, 2.05) is 24.3 Å². The van der Waals surface area contributed by atoms with Gasteiger partial charge in [-0.25, -0.2) is 0 Å². The lowest BCUT2D eigenvalue weighted by atomic mass is 9.65. The van der Waals surface area contributed by atoms with Crippen molar-refractivity contribution in [3.63, 3.8) is 0 Å². The first kappa shape index (κ1) is 18.8. The molecule has 2 aliphatic heterocycles. The highest BCUT2D eigenvalue weighted by molar-refractivity contribution is 6.30. The molecule has 4 rings (SSSR count). The molecule has 144 valence electrons.